The van der Waals surface area contributed by atoms with Gasteiger partial charge in [0.05, 0.1) is 0 Å². The summed E-state index contributed by atoms with van der Waals surface area (Å²) in [6.45, 7) is 1.45. The Balaban J connectivity index is 1.80. The van der Waals surface area contributed by atoms with Crippen LogP contribution in [-0.2, 0) is 19.1 Å². The molecular formula is C14H15ClN2O4. The van der Waals surface area contributed by atoms with Crippen LogP contribution in [0.25, 0.3) is 0 Å². The predicted molar refractivity (Wildman–Crippen MR) is 76.9 cm³/mol. The molecule has 6 nitrogen and oxygen atoms in total. The summed E-state index contributed by atoms with van der Waals surface area (Å²) in [7, 11) is 0. The van der Waals surface area contributed by atoms with Gasteiger partial charge in [-0.15, -0.1) is 0 Å². The molecule has 2 N–H and O–H groups in total. The van der Waals surface area contributed by atoms with Crippen LogP contribution in [0.15, 0.2) is 18.2 Å². The van der Waals surface area contributed by atoms with Gasteiger partial charge in [0.15, 0.2) is 6.61 Å². The highest BCUT2D eigenvalue weighted by atomic mass is 35.5. The van der Waals surface area contributed by atoms with E-state index in [9.17, 15) is 14.4 Å². The van der Waals surface area contributed by atoms with Crippen molar-refractivity contribution in [2.75, 3.05) is 11.9 Å². The van der Waals surface area contributed by atoms with E-state index in [0.29, 0.717) is 23.6 Å². The Morgan fingerprint density at radius 1 is 1.48 bits per heavy atom. The molecule has 0 saturated carbocycles. The molecule has 0 aliphatic carbocycles. The van der Waals surface area contributed by atoms with Gasteiger partial charge in [0.1, 0.15) is 6.04 Å². The number of benzene rings is 1. The summed E-state index contributed by atoms with van der Waals surface area (Å²) >= 11 is 5.95. The molecule has 1 fully saturated rings. The van der Waals surface area contributed by atoms with Crippen molar-refractivity contribution in [3.05, 3.63) is 28.8 Å². The maximum absolute atomic E-state index is 11.7. The first-order valence-electron chi connectivity index (χ1n) is 6.47. The van der Waals surface area contributed by atoms with Gasteiger partial charge in [-0.1, -0.05) is 17.7 Å². The Kier molecular flexibility index (Phi) is 4.80. The molecule has 2 rings (SSSR count). The minimum atomic E-state index is -0.654. The zero-order valence-electron chi connectivity index (χ0n) is 11.4. The minimum Gasteiger partial charge on any atom is -0.454 e. The molecule has 0 unspecified atom stereocenters. The zero-order chi connectivity index (χ0) is 15.4. The first-order chi connectivity index (χ1) is 9.95. The maximum Gasteiger partial charge on any atom is 0.329 e. The van der Waals surface area contributed by atoms with Crippen LogP contribution in [0.5, 0.6) is 0 Å². The van der Waals surface area contributed by atoms with Gasteiger partial charge in [0.25, 0.3) is 5.91 Å². The molecule has 0 spiro atoms. The second-order valence-corrected chi connectivity index (χ2v) is 5.19. The van der Waals surface area contributed by atoms with E-state index >= 15 is 0 Å². The average Bonchev–Trinajstić information content (AvgIpc) is 2.87. The van der Waals surface area contributed by atoms with Crippen molar-refractivity contribution in [3.8, 4) is 0 Å². The number of amides is 2. The van der Waals surface area contributed by atoms with Crippen molar-refractivity contribution in [3.63, 3.8) is 0 Å². The van der Waals surface area contributed by atoms with E-state index in [-0.39, 0.29) is 5.91 Å². The molecule has 0 aromatic heterocycles. The fourth-order valence-corrected chi connectivity index (χ4v) is 2.08. The molecular weight excluding hydrogens is 296 g/mol. The van der Waals surface area contributed by atoms with E-state index in [0.717, 1.165) is 5.56 Å². The van der Waals surface area contributed by atoms with Crippen molar-refractivity contribution < 1.29 is 19.1 Å². The van der Waals surface area contributed by atoms with Crippen LogP contribution in [0, 0.1) is 6.92 Å². The second kappa shape index (κ2) is 6.58. The lowest BCUT2D eigenvalue weighted by Crippen LogP contribution is -2.36. The van der Waals surface area contributed by atoms with E-state index < -0.39 is 24.5 Å². The van der Waals surface area contributed by atoms with Crippen molar-refractivity contribution in [2.45, 2.75) is 25.8 Å². The van der Waals surface area contributed by atoms with Crippen LogP contribution in [0.3, 0.4) is 0 Å². The van der Waals surface area contributed by atoms with E-state index in [1.807, 2.05) is 6.92 Å². The highest BCUT2D eigenvalue weighted by molar-refractivity contribution is 6.31. The van der Waals surface area contributed by atoms with Gasteiger partial charge in [-0.25, -0.2) is 4.79 Å². The minimum absolute atomic E-state index is 0.185. The lowest BCUT2D eigenvalue weighted by molar-refractivity contribution is -0.149. The molecule has 1 atom stereocenters. The van der Waals surface area contributed by atoms with Gasteiger partial charge in [0, 0.05) is 17.1 Å². The van der Waals surface area contributed by atoms with Gasteiger partial charge >= 0.3 is 5.97 Å². The fourth-order valence-electron chi connectivity index (χ4n) is 1.90. The summed E-state index contributed by atoms with van der Waals surface area (Å²) in [4.78, 5) is 34.3. The Labute approximate surface area is 126 Å². The molecule has 0 bridgehead atoms. The number of carbonyl (C=O) groups excluding carboxylic acids is 3. The number of ether oxygens (including phenoxy) is 1. The van der Waals surface area contributed by atoms with Gasteiger partial charge < -0.3 is 15.4 Å². The summed E-state index contributed by atoms with van der Waals surface area (Å²) in [5, 5.41) is 5.60. The van der Waals surface area contributed by atoms with Gasteiger partial charge in [0.2, 0.25) is 5.91 Å². The number of halogens is 1. The Morgan fingerprint density at radius 3 is 2.86 bits per heavy atom. The smallest absolute Gasteiger partial charge is 0.329 e. The quantitative estimate of drug-likeness (QED) is 0.824. The lowest BCUT2D eigenvalue weighted by Gasteiger charge is -2.10. The molecule has 1 aliphatic rings. The second-order valence-electron chi connectivity index (χ2n) is 4.78. The summed E-state index contributed by atoms with van der Waals surface area (Å²) < 4.78 is 4.86. The van der Waals surface area contributed by atoms with E-state index in [2.05, 4.69) is 10.6 Å². The Morgan fingerprint density at radius 2 is 2.24 bits per heavy atom. The number of esters is 1. The highest BCUT2D eigenvalue weighted by Crippen LogP contribution is 2.19. The molecule has 2 amide bonds. The van der Waals surface area contributed by atoms with Crippen molar-refractivity contribution in [1.29, 1.82) is 0 Å². The number of rotatable bonds is 4. The van der Waals surface area contributed by atoms with Crippen LogP contribution >= 0.6 is 11.6 Å². The molecule has 1 aliphatic heterocycles. The number of nitrogens with one attached hydrogen (secondary N) is 2. The number of anilines is 1. The van der Waals surface area contributed by atoms with Crippen LogP contribution in [0.2, 0.25) is 5.02 Å². The first-order valence-corrected chi connectivity index (χ1v) is 6.85. The molecule has 1 aromatic rings. The number of carbonyl (C=O) groups is 3. The average molecular weight is 311 g/mol. The zero-order valence-corrected chi connectivity index (χ0v) is 12.2. The van der Waals surface area contributed by atoms with Crippen molar-refractivity contribution in [2.24, 2.45) is 0 Å². The molecule has 0 radical (unpaired) electrons. The lowest BCUT2D eigenvalue weighted by atomic mass is 10.2. The van der Waals surface area contributed by atoms with Crippen LogP contribution in [-0.4, -0.2) is 30.4 Å². The summed E-state index contributed by atoms with van der Waals surface area (Å²) in [6, 6.07) is 4.45. The largest absolute Gasteiger partial charge is 0.454 e. The summed E-state index contributed by atoms with van der Waals surface area (Å²) in [5.41, 5.74) is 1.43. The van der Waals surface area contributed by atoms with Crippen LogP contribution in [0.1, 0.15) is 18.4 Å². The number of aryl methyl sites for hydroxylation is 1. The molecule has 1 aromatic carbocycles. The van der Waals surface area contributed by atoms with Crippen molar-refractivity contribution in [1.82, 2.24) is 5.32 Å². The molecule has 1 heterocycles. The normalized spacial score (nSPS) is 17.2. The van der Waals surface area contributed by atoms with Crippen molar-refractivity contribution >= 4 is 35.1 Å². The number of hydrogen-bond donors (Lipinski definition) is 2. The van der Waals surface area contributed by atoms with Crippen LogP contribution < -0.4 is 10.6 Å². The third-order valence-electron chi connectivity index (χ3n) is 3.08. The predicted octanol–water partition coefficient (Wildman–Crippen LogP) is 1.41. The maximum atomic E-state index is 11.7. The third kappa shape index (κ3) is 4.19. The Hall–Kier alpha value is -2.08. The monoisotopic (exact) mass is 310 g/mol. The summed E-state index contributed by atoms with van der Waals surface area (Å²) in [5.74, 6) is -1.25. The summed E-state index contributed by atoms with van der Waals surface area (Å²) in [6.07, 6.45) is 0.695. The van der Waals surface area contributed by atoms with E-state index in [1.54, 1.807) is 18.2 Å². The molecule has 7 heteroatoms. The Bertz CT molecular complexity index is 588. The first kappa shape index (κ1) is 15.3. The number of hydrogen-bond acceptors (Lipinski definition) is 4. The molecule has 21 heavy (non-hydrogen) atoms. The topological polar surface area (TPSA) is 84.5 Å². The SMILES string of the molecule is Cc1ccc(NC(=O)COC(=O)[C@@H]2CCC(=O)N2)cc1Cl. The third-order valence-corrected chi connectivity index (χ3v) is 3.49. The van der Waals surface area contributed by atoms with E-state index in [1.165, 1.54) is 0 Å². The van der Waals surface area contributed by atoms with Gasteiger partial charge in [-0.2, -0.15) is 0 Å². The van der Waals surface area contributed by atoms with Crippen LogP contribution in [0.4, 0.5) is 5.69 Å². The van der Waals surface area contributed by atoms with E-state index in [4.69, 9.17) is 16.3 Å². The van der Waals surface area contributed by atoms with Gasteiger partial charge in [-0.05, 0) is 31.0 Å². The standard InChI is InChI=1S/C14H15ClN2O4/c1-8-2-3-9(6-10(8)15)16-13(19)7-21-14(20)11-4-5-12(18)17-11/h2-3,6,11H,4-5,7H2,1H3,(H,16,19)(H,17,18)/t11-/m0/s1. The van der Waals surface area contributed by atoms with Gasteiger partial charge in [-0.3, -0.25) is 9.59 Å². The fraction of sp³-hybridized carbons (Fsp3) is 0.357. The highest BCUT2D eigenvalue weighted by Gasteiger charge is 2.28. The molecule has 112 valence electrons. The molecule has 1 saturated heterocycles.